The summed E-state index contributed by atoms with van der Waals surface area (Å²) in [5.74, 6) is 0.948. The number of amides is 2. The van der Waals surface area contributed by atoms with E-state index in [1.54, 1.807) is 25.1 Å². The molecular formula is C25H28N6O3. The molecule has 2 amide bonds. The molecule has 2 aromatic heterocycles. The third-order valence-corrected chi connectivity index (χ3v) is 5.40. The van der Waals surface area contributed by atoms with Crippen LogP contribution in [0.2, 0.25) is 0 Å². The summed E-state index contributed by atoms with van der Waals surface area (Å²) in [7, 11) is 3.26. The molecule has 0 unspecified atom stereocenters. The van der Waals surface area contributed by atoms with Crippen LogP contribution in [0.5, 0.6) is 5.75 Å². The van der Waals surface area contributed by atoms with E-state index in [4.69, 9.17) is 4.74 Å². The summed E-state index contributed by atoms with van der Waals surface area (Å²) in [6, 6.07) is 14.9. The van der Waals surface area contributed by atoms with Crippen molar-refractivity contribution in [1.82, 2.24) is 14.5 Å². The maximum absolute atomic E-state index is 12.8. The molecule has 0 atom stereocenters. The molecule has 34 heavy (non-hydrogen) atoms. The quantitative estimate of drug-likeness (QED) is 0.534. The summed E-state index contributed by atoms with van der Waals surface area (Å²) < 4.78 is 7.06. The lowest BCUT2D eigenvalue weighted by molar-refractivity contribution is -0.119. The zero-order valence-electron chi connectivity index (χ0n) is 20.0. The van der Waals surface area contributed by atoms with Gasteiger partial charge in [-0.25, -0.2) is 4.98 Å². The van der Waals surface area contributed by atoms with E-state index in [2.05, 4.69) is 21.7 Å². The van der Waals surface area contributed by atoms with E-state index in [0.29, 0.717) is 22.9 Å². The number of aryl methyl sites for hydroxylation is 1. The highest BCUT2D eigenvalue weighted by molar-refractivity contribution is 5.95. The number of hydrogen-bond donors (Lipinski definition) is 2. The van der Waals surface area contributed by atoms with Gasteiger partial charge in [0.25, 0.3) is 0 Å². The van der Waals surface area contributed by atoms with Gasteiger partial charge in [-0.3, -0.25) is 19.1 Å². The summed E-state index contributed by atoms with van der Waals surface area (Å²) >= 11 is 0. The molecule has 0 saturated carbocycles. The van der Waals surface area contributed by atoms with Gasteiger partial charge in [-0.05, 0) is 69.8 Å². The predicted octanol–water partition coefficient (Wildman–Crippen LogP) is 3.19. The van der Waals surface area contributed by atoms with Crippen molar-refractivity contribution in [1.29, 1.82) is 5.26 Å². The third kappa shape index (κ3) is 5.60. The Balaban J connectivity index is 1.73. The predicted molar refractivity (Wildman–Crippen MR) is 130 cm³/mol. The Bertz CT molecular complexity index is 1240. The number of hydrogen-bond acceptors (Lipinski definition) is 6. The second kappa shape index (κ2) is 10.6. The normalized spacial score (nSPS) is 10.6. The fourth-order valence-corrected chi connectivity index (χ4v) is 3.63. The van der Waals surface area contributed by atoms with E-state index < -0.39 is 0 Å². The highest BCUT2D eigenvalue weighted by atomic mass is 16.5. The van der Waals surface area contributed by atoms with Crippen molar-refractivity contribution in [3.63, 3.8) is 0 Å². The molecule has 0 saturated heterocycles. The van der Waals surface area contributed by atoms with Gasteiger partial charge in [0, 0.05) is 17.1 Å². The number of methoxy groups -OCH3 is 1. The summed E-state index contributed by atoms with van der Waals surface area (Å²) in [5.41, 5.74) is 3.61. The minimum atomic E-state index is -0.340. The van der Waals surface area contributed by atoms with Crippen molar-refractivity contribution < 1.29 is 14.3 Å². The molecule has 3 aromatic rings. The smallest absolute Gasteiger partial charge is 0.239 e. The number of ether oxygens (including phenoxy) is 1. The van der Waals surface area contributed by atoms with Crippen LogP contribution >= 0.6 is 0 Å². The Morgan fingerprint density at radius 2 is 1.71 bits per heavy atom. The van der Waals surface area contributed by atoms with Gasteiger partial charge in [0.15, 0.2) is 0 Å². The summed E-state index contributed by atoms with van der Waals surface area (Å²) in [5, 5.41) is 15.3. The Hall–Kier alpha value is -4.16. The Morgan fingerprint density at radius 1 is 1.06 bits per heavy atom. The topological polar surface area (TPSA) is 112 Å². The molecule has 0 radical (unpaired) electrons. The molecule has 1 aromatic carbocycles. The molecule has 3 rings (SSSR count). The third-order valence-electron chi connectivity index (χ3n) is 5.40. The van der Waals surface area contributed by atoms with Crippen LogP contribution in [0.4, 0.5) is 11.6 Å². The number of carbonyl (C=O) groups excluding carboxylic acids is 2. The van der Waals surface area contributed by atoms with Crippen LogP contribution in [0, 0.1) is 32.1 Å². The lowest BCUT2D eigenvalue weighted by Gasteiger charge is -2.17. The van der Waals surface area contributed by atoms with Crippen molar-refractivity contribution in [3.05, 3.63) is 65.0 Å². The molecule has 2 N–H and O–H groups in total. The van der Waals surface area contributed by atoms with Crippen molar-refractivity contribution in [2.75, 3.05) is 37.9 Å². The van der Waals surface area contributed by atoms with Crippen LogP contribution in [0.1, 0.15) is 22.5 Å². The van der Waals surface area contributed by atoms with E-state index in [0.717, 1.165) is 22.6 Å². The standard InChI is InChI=1S/C25H28N6O3/c1-16-7-6-8-22(27-16)28-23(32)14-30(4)15-24(33)29-25-21(13-26)17(2)18(3)31(25)19-9-11-20(34-5)12-10-19/h6-12H,14-15H2,1-5H3,(H,29,33)(H,27,28,32). The molecular weight excluding hydrogens is 432 g/mol. The zero-order valence-corrected chi connectivity index (χ0v) is 20.0. The van der Waals surface area contributed by atoms with Gasteiger partial charge >= 0.3 is 0 Å². The fraction of sp³-hybridized carbons (Fsp3) is 0.280. The molecule has 9 nitrogen and oxygen atoms in total. The van der Waals surface area contributed by atoms with E-state index in [1.807, 2.05) is 61.7 Å². The monoisotopic (exact) mass is 460 g/mol. The van der Waals surface area contributed by atoms with Crippen LogP contribution in [0.15, 0.2) is 42.5 Å². The first-order chi connectivity index (χ1) is 16.2. The first-order valence-corrected chi connectivity index (χ1v) is 10.7. The van der Waals surface area contributed by atoms with Gasteiger partial charge in [0.1, 0.15) is 23.5 Å². The first-order valence-electron chi connectivity index (χ1n) is 10.7. The first kappa shape index (κ1) is 24.5. The molecule has 0 bridgehead atoms. The van der Waals surface area contributed by atoms with E-state index in [-0.39, 0.29) is 24.9 Å². The van der Waals surface area contributed by atoms with Gasteiger partial charge in [-0.1, -0.05) is 6.07 Å². The van der Waals surface area contributed by atoms with E-state index >= 15 is 0 Å². The summed E-state index contributed by atoms with van der Waals surface area (Å²) in [6.07, 6.45) is 0. The number of anilines is 2. The summed E-state index contributed by atoms with van der Waals surface area (Å²) in [6.45, 7) is 5.55. The maximum Gasteiger partial charge on any atom is 0.239 e. The molecule has 0 fully saturated rings. The molecule has 0 aliphatic carbocycles. The molecule has 9 heteroatoms. The van der Waals surface area contributed by atoms with Crippen LogP contribution in [0.25, 0.3) is 5.69 Å². The van der Waals surface area contributed by atoms with E-state index in [1.165, 1.54) is 0 Å². The van der Waals surface area contributed by atoms with Gasteiger partial charge < -0.3 is 15.4 Å². The minimum absolute atomic E-state index is 0.00565. The van der Waals surface area contributed by atoms with Crippen LogP contribution in [-0.4, -0.2) is 53.5 Å². The average Bonchev–Trinajstić information content (AvgIpc) is 3.02. The van der Waals surface area contributed by atoms with Crippen LogP contribution in [0.3, 0.4) is 0 Å². The highest BCUT2D eigenvalue weighted by Crippen LogP contribution is 2.30. The number of nitrogens with zero attached hydrogens (tertiary/aromatic N) is 4. The average molecular weight is 461 g/mol. The lowest BCUT2D eigenvalue weighted by atomic mass is 10.2. The van der Waals surface area contributed by atoms with Crippen molar-refractivity contribution in [2.45, 2.75) is 20.8 Å². The number of carbonyl (C=O) groups is 2. The maximum atomic E-state index is 12.8. The fourth-order valence-electron chi connectivity index (χ4n) is 3.63. The molecule has 0 spiro atoms. The number of aromatic nitrogens is 2. The second-order valence-corrected chi connectivity index (χ2v) is 8.01. The zero-order chi connectivity index (χ0) is 24.8. The molecule has 0 aliphatic rings. The number of nitrogens with one attached hydrogen (secondary N) is 2. The van der Waals surface area contributed by atoms with Gasteiger partial charge in [-0.15, -0.1) is 0 Å². The SMILES string of the molecule is COc1ccc(-n2c(C)c(C)c(C#N)c2NC(=O)CN(C)CC(=O)Nc2cccc(C)n2)cc1. The lowest BCUT2D eigenvalue weighted by Crippen LogP contribution is -2.36. The van der Waals surface area contributed by atoms with Crippen molar-refractivity contribution in [3.8, 4) is 17.5 Å². The van der Waals surface area contributed by atoms with Gasteiger partial charge in [-0.2, -0.15) is 5.26 Å². The van der Waals surface area contributed by atoms with Crippen molar-refractivity contribution >= 4 is 23.5 Å². The number of rotatable bonds is 8. The Labute approximate surface area is 199 Å². The Morgan fingerprint density at radius 3 is 2.29 bits per heavy atom. The molecule has 2 heterocycles. The molecule has 176 valence electrons. The van der Waals surface area contributed by atoms with E-state index in [9.17, 15) is 14.9 Å². The van der Waals surface area contributed by atoms with Crippen LogP contribution in [-0.2, 0) is 9.59 Å². The Kier molecular flexibility index (Phi) is 7.66. The second-order valence-electron chi connectivity index (χ2n) is 8.01. The van der Waals surface area contributed by atoms with Crippen molar-refractivity contribution in [2.24, 2.45) is 0 Å². The van der Waals surface area contributed by atoms with Gasteiger partial charge in [0.2, 0.25) is 11.8 Å². The van der Waals surface area contributed by atoms with Gasteiger partial charge in [0.05, 0.1) is 25.8 Å². The largest absolute Gasteiger partial charge is 0.497 e. The highest BCUT2D eigenvalue weighted by Gasteiger charge is 2.21. The number of nitriles is 1. The molecule has 0 aliphatic heterocycles. The number of likely N-dealkylation sites (N-methyl/N-ethyl adjacent to an activating group) is 1. The minimum Gasteiger partial charge on any atom is -0.497 e. The van der Waals surface area contributed by atoms with Crippen LogP contribution < -0.4 is 15.4 Å². The number of benzene rings is 1. The number of pyridine rings is 1. The summed E-state index contributed by atoms with van der Waals surface area (Å²) in [4.78, 5) is 31.0.